The molecule has 0 saturated heterocycles. The van der Waals surface area contributed by atoms with Gasteiger partial charge in [0, 0.05) is 11.9 Å². The van der Waals surface area contributed by atoms with E-state index in [0.717, 1.165) is 0 Å². The molecule has 7 nitrogen and oxygen atoms in total. The molecule has 0 bridgehead atoms. The highest BCUT2D eigenvalue weighted by molar-refractivity contribution is 6.05. The van der Waals surface area contributed by atoms with Crippen LogP contribution in [-0.2, 0) is 4.79 Å². The number of nitrogens with zero attached hydrogens (tertiary/aromatic N) is 1. The van der Waals surface area contributed by atoms with Crippen molar-refractivity contribution in [2.24, 2.45) is 0 Å². The maximum atomic E-state index is 12.0. The lowest BCUT2D eigenvalue weighted by atomic mass is 10.1. The van der Waals surface area contributed by atoms with Crippen molar-refractivity contribution in [2.75, 3.05) is 13.1 Å². The molecule has 0 fully saturated rings. The molecule has 1 heterocycles. The van der Waals surface area contributed by atoms with Gasteiger partial charge in [0.2, 0.25) is 5.91 Å². The molecule has 0 saturated carbocycles. The van der Waals surface area contributed by atoms with Gasteiger partial charge in [-0.05, 0) is 13.0 Å². The normalized spacial score (nSPS) is 10.2. The quantitative estimate of drug-likeness (QED) is 0.717. The van der Waals surface area contributed by atoms with Gasteiger partial charge in [0.15, 0.2) is 5.69 Å². The highest BCUT2D eigenvalue weighted by Crippen LogP contribution is 2.11. The van der Waals surface area contributed by atoms with Gasteiger partial charge in [0.05, 0.1) is 11.9 Å². The molecule has 0 aliphatic carbocycles. The Morgan fingerprint density at radius 2 is 1.90 bits per heavy atom. The van der Waals surface area contributed by atoms with Crippen LogP contribution in [0.5, 0.6) is 0 Å². The lowest BCUT2D eigenvalue weighted by molar-refractivity contribution is -0.120. The lowest BCUT2D eigenvalue weighted by Crippen LogP contribution is -2.37. The molecule has 7 heteroatoms. The van der Waals surface area contributed by atoms with E-state index in [1.54, 1.807) is 31.2 Å². The molecule has 0 radical (unpaired) electrons. The van der Waals surface area contributed by atoms with E-state index >= 15 is 0 Å². The first-order valence-electron chi connectivity index (χ1n) is 6.15. The van der Waals surface area contributed by atoms with Crippen molar-refractivity contribution >= 4 is 22.6 Å². The molecular formula is C13H14N4O3. The van der Waals surface area contributed by atoms with Gasteiger partial charge in [-0.2, -0.15) is 5.10 Å². The minimum Gasteiger partial charge on any atom is -0.355 e. The van der Waals surface area contributed by atoms with Gasteiger partial charge in [-0.3, -0.25) is 14.4 Å². The second-order valence-corrected chi connectivity index (χ2v) is 4.08. The molecule has 0 atom stereocenters. The van der Waals surface area contributed by atoms with Crippen molar-refractivity contribution in [1.82, 2.24) is 20.8 Å². The molecule has 0 aliphatic rings. The summed E-state index contributed by atoms with van der Waals surface area (Å²) in [7, 11) is 0. The van der Waals surface area contributed by atoms with Crippen LogP contribution in [0, 0.1) is 0 Å². The van der Waals surface area contributed by atoms with Crippen molar-refractivity contribution in [2.45, 2.75) is 6.92 Å². The summed E-state index contributed by atoms with van der Waals surface area (Å²) in [6.07, 6.45) is 0. The van der Waals surface area contributed by atoms with Crippen LogP contribution in [-0.4, -0.2) is 35.1 Å². The van der Waals surface area contributed by atoms with Gasteiger partial charge in [0.25, 0.3) is 11.5 Å². The number of hydrogen-bond donors (Lipinski definition) is 3. The third-order valence-corrected chi connectivity index (χ3v) is 2.69. The molecule has 20 heavy (non-hydrogen) atoms. The van der Waals surface area contributed by atoms with Gasteiger partial charge >= 0.3 is 0 Å². The van der Waals surface area contributed by atoms with Gasteiger partial charge in [-0.25, -0.2) is 5.10 Å². The van der Waals surface area contributed by atoms with Crippen LogP contribution in [0.4, 0.5) is 0 Å². The number of benzene rings is 1. The van der Waals surface area contributed by atoms with Crippen LogP contribution >= 0.6 is 0 Å². The molecule has 104 valence electrons. The Morgan fingerprint density at radius 1 is 1.20 bits per heavy atom. The maximum absolute atomic E-state index is 12.0. The molecule has 3 N–H and O–H groups in total. The number of aromatic nitrogens is 2. The predicted octanol–water partition coefficient (Wildman–Crippen LogP) is -0.211. The first-order chi connectivity index (χ1) is 9.63. The average Bonchev–Trinajstić information content (AvgIpc) is 2.46. The molecule has 0 unspecified atom stereocenters. The molecule has 1 aromatic carbocycles. The molecule has 1 aromatic heterocycles. The molecule has 2 rings (SSSR count). The Bertz CT molecular complexity index is 708. The fraction of sp³-hybridized carbons (Fsp3) is 0.231. The third-order valence-electron chi connectivity index (χ3n) is 2.69. The minimum atomic E-state index is -0.510. The van der Waals surface area contributed by atoms with Gasteiger partial charge in [-0.15, -0.1) is 0 Å². The van der Waals surface area contributed by atoms with Crippen LogP contribution < -0.4 is 16.2 Å². The van der Waals surface area contributed by atoms with Crippen LogP contribution in [0.25, 0.3) is 10.8 Å². The highest BCUT2D eigenvalue weighted by Gasteiger charge is 2.14. The number of likely N-dealkylation sites (N-methyl/N-ethyl adjacent to an activating group) is 1. The number of carbonyl (C=O) groups is 2. The SMILES string of the molecule is CCNC(=O)CNC(=O)c1n[nH]c(=O)c2ccccc12. The smallest absolute Gasteiger partial charge is 0.272 e. The van der Waals surface area contributed by atoms with Crippen molar-refractivity contribution in [3.63, 3.8) is 0 Å². The van der Waals surface area contributed by atoms with E-state index in [2.05, 4.69) is 20.8 Å². The first-order valence-corrected chi connectivity index (χ1v) is 6.15. The second kappa shape index (κ2) is 5.96. The van der Waals surface area contributed by atoms with Crippen molar-refractivity contribution < 1.29 is 9.59 Å². The number of fused-ring (bicyclic) bond motifs is 1. The summed E-state index contributed by atoms with van der Waals surface area (Å²) in [6.45, 7) is 2.15. The Balaban J connectivity index is 2.25. The average molecular weight is 274 g/mol. The molecule has 0 spiro atoms. The van der Waals surface area contributed by atoms with E-state index in [0.29, 0.717) is 17.3 Å². The maximum Gasteiger partial charge on any atom is 0.272 e. The van der Waals surface area contributed by atoms with E-state index in [1.165, 1.54) is 0 Å². The predicted molar refractivity (Wildman–Crippen MR) is 73.4 cm³/mol. The monoisotopic (exact) mass is 274 g/mol. The first kappa shape index (κ1) is 13.7. The topological polar surface area (TPSA) is 104 Å². The van der Waals surface area contributed by atoms with Crippen LogP contribution in [0.1, 0.15) is 17.4 Å². The lowest BCUT2D eigenvalue weighted by Gasteiger charge is -2.06. The standard InChI is InChI=1S/C13H14N4O3/c1-2-14-10(18)7-15-13(20)11-8-5-3-4-6-9(8)12(19)17-16-11/h3-6H,2,7H2,1H3,(H,14,18)(H,15,20)(H,17,19). The Hall–Kier alpha value is -2.70. The van der Waals surface area contributed by atoms with E-state index in [1.807, 2.05) is 0 Å². The largest absolute Gasteiger partial charge is 0.355 e. The molecule has 2 aromatic rings. The number of H-pyrrole nitrogens is 1. The van der Waals surface area contributed by atoms with E-state index in [-0.39, 0.29) is 23.7 Å². The molecular weight excluding hydrogens is 260 g/mol. The summed E-state index contributed by atoms with van der Waals surface area (Å²) < 4.78 is 0. The van der Waals surface area contributed by atoms with Gasteiger partial charge in [-0.1, -0.05) is 18.2 Å². The zero-order chi connectivity index (χ0) is 14.5. The van der Waals surface area contributed by atoms with E-state index in [9.17, 15) is 14.4 Å². The zero-order valence-corrected chi connectivity index (χ0v) is 10.9. The highest BCUT2D eigenvalue weighted by atomic mass is 16.2. The number of hydrogen-bond acceptors (Lipinski definition) is 4. The van der Waals surface area contributed by atoms with Crippen LogP contribution in [0.3, 0.4) is 0 Å². The summed E-state index contributed by atoms with van der Waals surface area (Å²) in [5.74, 6) is -0.793. The summed E-state index contributed by atoms with van der Waals surface area (Å²) in [6, 6.07) is 6.66. The number of nitrogens with one attached hydrogen (secondary N) is 3. The Morgan fingerprint density at radius 3 is 2.60 bits per heavy atom. The van der Waals surface area contributed by atoms with Crippen LogP contribution in [0.15, 0.2) is 29.1 Å². The summed E-state index contributed by atoms with van der Waals surface area (Å²) in [4.78, 5) is 34.9. The zero-order valence-electron chi connectivity index (χ0n) is 10.9. The number of aromatic amines is 1. The van der Waals surface area contributed by atoms with Gasteiger partial charge in [0.1, 0.15) is 0 Å². The summed E-state index contributed by atoms with van der Waals surface area (Å²) >= 11 is 0. The Kier molecular flexibility index (Phi) is 4.09. The molecule has 0 aliphatic heterocycles. The van der Waals surface area contributed by atoms with E-state index < -0.39 is 5.91 Å². The third kappa shape index (κ3) is 2.82. The molecule has 2 amide bonds. The fourth-order valence-corrected chi connectivity index (χ4v) is 1.79. The Labute approximate surface area is 114 Å². The van der Waals surface area contributed by atoms with Gasteiger partial charge < -0.3 is 10.6 Å². The second-order valence-electron chi connectivity index (χ2n) is 4.08. The summed E-state index contributed by atoms with van der Waals surface area (Å²) in [5.41, 5.74) is -0.273. The van der Waals surface area contributed by atoms with Crippen molar-refractivity contribution in [3.05, 3.63) is 40.3 Å². The number of rotatable bonds is 4. The fourth-order valence-electron chi connectivity index (χ4n) is 1.79. The van der Waals surface area contributed by atoms with E-state index in [4.69, 9.17) is 0 Å². The van der Waals surface area contributed by atoms with Crippen molar-refractivity contribution in [1.29, 1.82) is 0 Å². The van der Waals surface area contributed by atoms with Crippen molar-refractivity contribution in [3.8, 4) is 0 Å². The number of carbonyl (C=O) groups excluding carboxylic acids is 2. The minimum absolute atomic E-state index is 0.0875. The number of amides is 2. The summed E-state index contributed by atoms with van der Waals surface area (Å²) in [5, 5.41) is 11.9. The van der Waals surface area contributed by atoms with Crippen LogP contribution in [0.2, 0.25) is 0 Å².